The Kier molecular flexibility index (Phi) is 3.79. The Morgan fingerprint density at radius 2 is 2.09 bits per heavy atom. The van der Waals surface area contributed by atoms with Gasteiger partial charge in [-0.1, -0.05) is 11.2 Å². The second-order valence-corrected chi connectivity index (χ2v) is 6.19. The second-order valence-electron chi connectivity index (χ2n) is 6.19. The van der Waals surface area contributed by atoms with E-state index in [4.69, 9.17) is 9.26 Å². The SMILES string of the molecule is Cn1ccc2c(OC3CCN(Cc4ccno4)CC3)cccc21. The summed E-state index contributed by atoms with van der Waals surface area (Å²) in [5, 5.41) is 4.95. The molecule has 1 aliphatic rings. The second kappa shape index (κ2) is 6.08. The number of fused-ring (bicyclic) bond motifs is 1. The third-order valence-corrected chi connectivity index (χ3v) is 4.59. The standard InChI is InChI=1S/C18H21N3O2/c1-20-10-8-16-17(20)3-2-4-18(16)22-14-6-11-21(12-7-14)13-15-5-9-19-23-15/h2-5,8-10,14H,6-7,11-13H2,1H3. The van der Waals surface area contributed by atoms with E-state index < -0.39 is 0 Å². The van der Waals surface area contributed by atoms with Crippen molar-refractivity contribution in [3.8, 4) is 5.75 Å². The molecule has 120 valence electrons. The lowest BCUT2D eigenvalue weighted by atomic mass is 10.1. The Bertz CT molecular complexity index is 771. The van der Waals surface area contributed by atoms with E-state index in [1.165, 1.54) is 10.9 Å². The van der Waals surface area contributed by atoms with Gasteiger partial charge in [0.25, 0.3) is 0 Å². The lowest BCUT2D eigenvalue weighted by Crippen LogP contribution is -2.37. The number of aryl methyl sites for hydroxylation is 1. The average Bonchev–Trinajstić information content (AvgIpc) is 3.20. The van der Waals surface area contributed by atoms with Crippen LogP contribution in [0.5, 0.6) is 5.75 Å². The summed E-state index contributed by atoms with van der Waals surface area (Å²) < 4.78 is 13.6. The van der Waals surface area contributed by atoms with E-state index >= 15 is 0 Å². The highest BCUT2D eigenvalue weighted by atomic mass is 16.5. The monoisotopic (exact) mass is 311 g/mol. The van der Waals surface area contributed by atoms with E-state index in [1.54, 1.807) is 6.20 Å². The van der Waals surface area contributed by atoms with E-state index in [0.717, 1.165) is 44.0 Å². The number of aromatic nitrogens is 2. The van der Waals surface area contributed by atoms with Crippen molar-refractivity contribution in [2.24, 2.45) is 7.05 Å². The van der Waals surface area contributed by atoms with Crippen molar-refractivity contribution in [3.63, 3.8) is 0 Å². The molecule has 1 aromatic carbocycles. The van der Waals surface area contributed by atoms with Crippen LogP contribution in [-0.4, -0.2) is 33.8 Å². The zero-order chi connectivity index (χ0) is 15.6. The summed E-state index contributed by atoms with van der Waals surface area (Å²) in [6, 6.07) is 10.3. The molecule has 0 unspecified atom stereocenters. The predicted octanol–water partition coefficient (Wildman–Crippen LogP) is 3.21. The molecular formula is C18H21N3O2. The fraction of sp³-hybridized carbons (Fsp3) is 0.389. The Morgan fingerprint density at radius 3 is 2.87 bits per heavy atom. The molecule has 5 heteroatoms. The summed E-state index contributed by atoms with van der Waals surface area (Å²) in [5.74, 6) is 1.93. The zero-order valence-corrected chi connectivity index (χ0v) is 13.3. The number of piperidine rings is 1. The summed E-state index contributed by atoms with van der Waals surface area (Å²) in [4.78, 5) is 2.39. The van der Waals surface area contributed by atoms with Crippen LogP contribution in [0.15, 0.2) is 47.2 Å². The van der Waals surface area contributed by atoms with Crippen molar-refractivity contribution < 1.29 is 9.26 Å². The van der Waals surface area contributed by atoms with Crippen LogP contribution >= 0.6 is 0 Å². The maximum absolute atomic E-state index is 6.29. The molecule has 2 aromatic heterocycles. The molecule has 0 atom stereocenters. The maximum Gasteiger partial charge on any atom is 0.150 e. The molecule has 5 nitrogen and oxygen atoms in total. The first-order chi connectivity index (χ1) is 11.3. The minimum Gasteiger partial charge on any atom is -0.490 e. The number of likely N-dealkylation sites (tertiary alicyclic amines) is 1. The van der Waals surface area contributed by atoms with Gasteiger partial charge in [-0.05, 0) is 31.0 Å². The number of ether oxygens (including phenoxy) is 1. The predicted molar refractivity (Wildman–Crippen MR) is 88.3 cm³/mol. The molecule has 1 saturated heterocycles. The van der Waals surface area contributed by atoms with E-state index in [9.17, 15) is 0 Å². The molecule has 1 fully saturated rings. The molecule has 23 heavy (non-hydrogen) atoms. The van der Waals surface area contributed by atoms with Crippen molar-refractivity contribution in [1.82, 2.24) is 14.6 Å². The molecule has 3 aromatic rings. The van der Waals surface area contributed by atoms with Crippen LogP contribution in [0.2, 0.25) is 0 Å². The summed E-state index contributed by atoms with van der Waals surface area (Å²) in [5.41, 5.74) is 1.21. The number of rotatable bonds is 4. The van der Waals surface area contributed by atoms with Crippen molar-refractivity contribution in [1.29, 1.82) is 0 Å². The van der Waals surface area contributed by atoms with E-state index in [-0.39, 0.29) is 6.10 Å². The molecule has 0 amide bonds. The van der Waals surface area contributed by atoms with Gasteiger partial charge in [0.1, 0.15) is 11.9 Å². The topological polar surface area (TPSA) is 43.4 Å². The van der Waals surface area contributed by atoms with E-state index in [2.05, 4.69) is 52.1 Å². The Balaban J connectivity index is 1.39. The fourth-order valence-corrected chi connectivity index (χ4v) is 3.29. The fourth-order valence-electron chi connectivity index (χ4n) is 3.29. The van der Waals surface area contributed by atoms with E-state index in [0.29, 0.717) is 0 Å². The highest BCUT2D eigenvalue weighted by molar-refractivity contribution is 5.86. The highest BCUT2D eigenvalue weighted by Crippen LogP contribution is 2.28. The van der Waals surface area contributed by atoms with Gasteiger partial charge in [-0.15, -0.1) is 0 Å². The molecule has 4 rings (SSSR count). The van der Waals surface area contributed by atoms with Gasteiger partial charge in [0.2, 0.25) is 0 Å². The van der Waals surface area contributed by atoms with Crippen LogP contribution < -0.4 is 4.74 Å². The third kappa shape index (κ3) is 2.97. The smallest absolute Gasteiger partial charge is 0.150 e. The van der Waals surface area contributed by atoms with Crippen LogP contribution in [0, 0.1) is 0 Å². The lowest BCUT2D eigenvalue weighted by Gasteiger charge is -2.31. The molecule has 0 saturated carbocycles. The molecule has 0 spiro atoms. The Morgan fingerprint density at radius 1 is 1.22 bits per heavy atom. The Hall–Kier alpha value is -2.27. The minimum atomic E-state index is 0.284. The number of nitrogens with zero attached hydrogens (tertiary/aromatic N) is 3. The maximum atomic E-state index is 6.29. The van der Waals surface area contributed by atoms with Gasteiger partial charge in [-0.2, -0.15) is 0 Å². The number of hydrogen-bond donors (Lipinski definition) is 0. The van der Waals surface area contributed by atoms with Gasteiger partial charge >= 0.3 is 0 Å². The first kappa shape index (κ1) is 14.3. The summed E-state index contributed by atoms with van der Waals surface area (Å²) in [7, 11) is 2.06. The largest absolute Gasteiger partial charge is 0.490 e. The summed E-state index contributed by atoms with van der Waals surface area (Å²) in [6.45, 7) is 2.88. The van der Waals surface area contributed by atoms with Gasteiger partial charge in [0.15, 0.2) is 5.76 Å². The molecule has 3 heterocycles. The van der Waals surface area contributed by atoms with Gasteiger partial charge in [-0.25, -0.2) is 0 Å². The first-order valence-corrected chi connectivity index (χ1v) is 8.12. The van der Waals surface area contributed by atoms with Crippen molar-refractivity contribution >= 4 is 10.9 Å². The normalized spacial score (nSPS) is 16.9. The van der Waals surface area contributed by atoms with Crippen LogP contribution in [0.1, 0.15) is 18.6 Å². The van der Waals surface area contributed by atoms with Crippen molar-refractivity contribution in [2.45, 2.75) is 25.5 Å². The minimum absolute atomic E-state index is 0.284. The zero-order valence-electron chi connectivity index (χ0n) is 13.3. The summed E-state index contributed by atoms with van der Waals surface area (Å²) >= 11 is 0. The summed E-state index contributed by atoms with van der Waals surface area (Å²) in [6.07, 6.45) is 6.14. The molecule has 0 radical (unpaired) electrons. The van der Waals surface area contributed by atoms with Gasteiger partial charge in [-0.3, -0.25) is 4.90 Å². The molecular weight excluding hydrogens is 290 g/mol. The van der Waals surface area contributed by atoms with Gasteiger partial charge < -0.3 is 13.8 Å². The first-order valence-electron chi connectivity index (χ1n) is 8.12. The van der Waals surface area contributed by atoms with Crippen LogP contribution in [-0.2, 0) is 13.6 Å². The van der Waals surface area contributed by atoms with Crippen LogP contribution in [0.4, 0.5) is 0 Å². The average molecular weight is 311 g/mol. The number of benzene rings is 1. The molecule has 0 aliphatic carbocycles. The quantitative estimate of drug-likeness (QED) is 0.742. The van der Waals surface area contributed by atoms with Gasteiger partial charge in [0.05, 0.1) is 18.3 Å². The Labute approximate surface area is 135 Å². The third-order valence-electron chi connectivity index (χ3n) is 4.59. The van der Waals surface area contributed by atoms with Gasteiger partial charge in [0, 0.05) is 37.8 Å². The number of hydrogen-bond acceptors (Lipinski definition) is 4. The lowest BCUT2D eigenvalue weighted by molar-refractivity contribution is 0.0926. The highest BCUT2D eigenvalue weighted by Gasteiger charge is 2.22. The van der Waals surface area contributed by atoms with Crippen molar-refractivity contribution in [3.05, 3.63) is 48.5 Å². The van der Waals surface area contributed by atoms with E-state index in [1.807, 2.05) is 6.07 Å². The molecule has 0 N–H and O–H groups in total. The van der Waals surface area contributed by atoms with Crippen LogP contribution in [0.3, 0.4) is 0 Å². The molecule has 1 aliphatic heterocycles. The van der Waals surface area contributed by atoms with Crippen LogP contribution in [0.25, 0.3) is 10.9 Å². The molecule has 0 bridgehead atoms. The van der Waals surface area contributed by atoms with Crippen molar-refractivity contribution in [2.75, 3.05) is 13.1 Å².